The maximum Gasteiger partial charge on any atom is 0.228 e. The second kappa shape index (κ2) is 8.61. The van der Waals surface area contributed by atoms with Crippen molar-refractivity contribution in [2.24, 2.45) is 0 Å². The van der Waals surface area contributed by atoms with Crippen molar-refractivity contribution in [2.45, 2.75) is 32.7 Å². The van der Waals surface area contributed by atoms with Gasteiger partial charge in [0.1, 0.15) is 23.6 Å². The second-order valence-corrected chi connectivity index (χ2v) is 7.93. The molecule has 5 rings (SSSR count). The predicted octanol–water partition coefficient (Wildman–Crippen LogP) is 3.98. The maximum absolute atomic E-state index is 13.9. The summed E-state index contributed by atoms with van der Waals surface area (Å²) in [6.07, 6.45) is 3.97. The van der Waals surface area contributed by atoms with Crippen molar-refractivity contribution in [3.8, 4) is 11.4 Å². The molecule has 170 valence electrons. The van der Waals surface area contributed by atoms with Crippen LogP contribution in [-0.2, 0) is 13.0 Å². The smallest absolute Gasteiger partial charge is 0.228 e. The van der Waals surface area contributed by atoms with Crippen LogP contribution in [0.5, 0.6) is 5.75 Å². The summed E-state index contributed by atoms with van der Waals surface area (Å²) in [7, 11) is 1.61. The molecule has 2 aromatic carbocycles. The second-order valence-electron chi connectivity index (χ2n) is 7.93. The number of benzene rings is 2. The molecular formula is C23H23F2N7O. The first kappa shape index (κ1) is 21.0. The number of halogens is 2. The fourth-order valence-electron chi connectivity index (χ4n) is 4.00. The summed E-state index contributed by atoms with van der Waals surface area (Å²) in [6, 6.07) is 9.76. The lowest BCUT2D eigenvalue weighted by molar-refractivity contribution is 0.411. The minimum Gasteiger partial charge on any atom is -0.494 e. The predicted molar refractivity (Wildman–Crippen MR) is 118 cm³/mol. The van der Waals surface area contributed by atoms with Crippen LogP contribution < -0.4 is 9.64 Å². The van der Waals surface area contributed by atoms with E-state index in [1.807, 2.05) is 34.7 Å². The third-order valence-corrected chi connectivity index (χ3v) is 5.61. The number of hydrogen-bond donors (Lipinski definition) is 0. The van der Waals surface area contributed by atoms with E-state index >= 15 is 0 Å². The van der Waals surface area contributed by atoms with Gasteiger partial charge in [0, 0.05) is 31.3 Å². The third kappa shape index (κ3) is 4.15. The van der Waals surface area contributed by atoms with E-state index in [0.717, 1.165) is 36.7 Å². The molecule has 1 aliphatic rings. The van der Waals surface area contributed by atoms with Crippen molar-refractivity contribution >= 4 is 11.6 Å². The number of ether oxygens (including phenoxy) is 1. The summed E-state index contributed by atoms with van der Waals surface area (Å²) in [6.45, 7) is 3.20. The highest BCUT2D eigenvalue weighted by molar-refractivity contribution is 5.58. The van der Waals surface area contributed by atoms with Gasteiger partial charge in [-0.3, -0.25) is 0 Å². The molecular weight excluding hydrogens is 428 g/mol. The average Bonchev–Trinajstić information content (AvgIpc) is 3.36. The van der Waals surface area contributed by atoms with Gasteiger partial charge in [-0.05, 0) is 49.6 Å². The average molecular weight is 451 g/mol. The summed E-state index contributed by atoms with van der Waals surface area (Å²) in [4.78, 5) is 10.8. The lowest BCUT2D eigenvalue weighted by Gasteiger charge is -2.21. The number of aryl methyl sites for hydroxylation is 2. The van der Waals surface area contributed by atoms with Crippen LogP contribution in [0.3, 0.4) is 0 Å². The fourth-order valence-corrected chi connectivity index (χ4v) is 4.00. The Morgan fingerprint density at radius 1 is 1.00 bits per heavy atom. The number of nitrogens with zero attached hydrogens (tertiary/aromatic N) is 7. The van der Waals surface area contributed by atoms with Crippen LogP contribution in [0.4, 0.5) is 20.4 Å². The van der Waals surface area contributed by atoms with Gasteiger partial charge in [-0.1, -0.05) is 6.07 Å². The van der Waals surface area contributed by atoms with Crippen LogP contribution >= 0.6 is 0 Å². The first-order chi connectivity index (χ1) is 16.0. The largest absolute Gasteiger partial charge is 0.494 e. The number of hydrogen-bond acceptors (Lipinski definition) is 6. The SMILES string of the molecule is COc1cc(Cc2nc3n(n2)CCCCN3c2ccc(F)c(F)c2)ccc1-n1cnc(C)n1. The highest BCUT2D eigenvalue weighted by Gasteiger charge is 2.22. The van der Waals surface area contributed by atoms with Crippen molar-refractivity contribution in [1.29, 1.82) is 0 Å². The molecule has 33 heavy (non-hydrogen) atoms. The van der Waals surface area contributed by atoms with Gasteiger partial charge in [0.2, 0.25) is 5.95 Å². The van der Waals surface area contributed by atoms with Gasteiger partial charge in [0.25, 0.3) is 0 Å². The molecule has 0 saturated carbocycles. The van der Waals surface area contributed by atoms with E-state index < -0.39 is 11.6 Å². The number of fused-ring (bicyclic) bond motifs is 1. The van der Waals surface area contributed by atoms with Gasteiger partial charge in [-0.2, -0.15) is 15.2 Å². The van der Waals surface area contributed by atoms with E-state index in [1.165, 1.54) is 6.07 Å². The molecule has 10 heteroatoms. The Hall–Kier alpha value is -3.82. The number of rotatable bonds is 5. The van der Waals surface area contributed by atoms with Crippen LogP contribution in [0, 0.1) is 18.6 Å². The number of anilines is 2. The van der Waals surface area contributed by atoms with Gasteiger partial charge in [0.15, 0.2) is 17.5 Å². The summed E-state index contributed by atoms with van der Waals surface area (Å²) >= 11 is 0. The van der Waals surface area contributed by atoms with E-state index in [-0.39, 0.29) is 0 Å². The molecule has 0 unspecified atom stereocenters. The zero-order valence-electron chi connectivity index (χ0n) is 18.4. The molecule has 0 spiro atoms. The van der Waals surface area contributed by atoms with Crippen LogP contribution in [-0.4, -0.2) is 43.2 Å². The molecule has 0 radical (unpaired) electrons. The van der Waals surface area contributed by atoms with Crippen LogP contribution in [0.1, 0.15) is 30.1 Å². The van der Waals surface area contributed by atoms with Gasteiger partial charge in [-0.25, -0.2) is 23.1 Å². The number of aromatic nitrogens is 6. The topological polar surface area (TPSA) is 73.9 Å². The zero-order chi connectivity index (χ0) is 22.9. The fraction of sp³-hybridized carbons (Fsp3) is 0.304. The molecule has 4 aromatic rings. The summed E-state index contributed by atoms with van der Waals surface area (Å²) in [5.41, 5.74) is 2.33. The summed E-state index contributed by atoms with van der Waals surface area (Å²) < 4.78 is 36.4. The molecule has 0 saturated heterocycles. The first-order valence-corrected chi connectivity index (χ1v) is 10.7. The molecule has 1 aliphatic heterocycles. The highest BCUT2D eigenvalue weighted by Crippen LogP contribution is 2.29. The number of methoxy groups -OCH3 is 1. The maximum atomic E-state index is 13.9. The monoisotopic (exact) mass is 451 g/mol. The normalized spacial score (nSPS) is 13.6. The van der Waals surface area contributed by atoms with Gasteiger partial charge in [-0.15, -0.1) is 0 Å². The lowest BCUT2D eigenvalue weighted by Crippen LogP contribution is -2.20. The van der Waals surface area contributed by atoms with E-state index in [4.69, 9.17) is 9.72 Å². The highest BCUT2D eigenvalue weighted by atomic mass is 19.2. The Bertz CT molecular complexity index is 1300. The van der Waals surface area contributed by atoms with Crippen molar-refractivity contribution in [3.63, 3.8) is 0 Å². The standard InChI is InChI=1S/C23H23F2N7O/c1-15-26-14-32(28-15)20-8-5-16(11-21(20)33-2)12-22-27-23-30(9-3-4-10-31(23)29-22)17-6-7-18(24)19(25)13-17/h5-8,11,13-14H,3-4,9-10,12H2,1-2H3. The van der Waals surface area contributed by atoms with E-state index in [1.54, 1.807) is 24.2 Å². The Kier molecular flexibility index (Phi) is 5.49. The molecule has 0 atom stereocenters. The molecule has 2 aromatic heterocycles. The summed E-state index contributed by atoms with van der Waals surface area (Å²) in [5.74, 6) is 0.880. The van der Waals surface area contributed by atoms with Gasteiger partial charge < -0.3 is 9.64 Å². The van der Waals surface area contributed by atoms with Gasteiger partial charge >= 0.3 is 0 Å². The Balaban J connectivity index is 1.44. The van der Waals surface area contributed by atoms with E-state index in [9.17, 15) is 8.78 Å². The van der Waals surface area contributed by atoms with Gasteiger partial charge in [0.05, 0.1) is 7.11 Å². The third-order valence-electron chi connectivity index (χ3n) is 5.61. The summed E-state index contributed by atoms with van der Waals surface area (Å²) in [5, 5.41) is 9.04. The molecule has 0 aliphatic carbocycles. The molecule has 8 nitrogen and oxygen atoms in total. The Morgan fingerprint density at radius 3 is 2.61 bits per heavy atom. The minimum absolute atomic E-state index is 0.499. The zero-order valence-corrected chi connectivity index (χ0v) is 18.4. The minimum atomic E-state index is -0.877. The molecule has 0 bridgehead atoms. The molecule has 3 heterocycles. The molecule has 0 N–H and O–H groups in total. The quantitative estimate of drug-likeness (QED) is 0.457. The Morgan fingerprint density at radius 2 is 1.85 bits per heavy atom. The molecule has 0 amide bonds. The van der Waals surface area contributed by atoms with E-state index in [0.29, 0.717) is 42.0 Å². The van der Waals surface area contributed by atoms with Crippen LogP contribution in [0.25, 0.3) is 5.69 Å². The Labute approximate surface area is 189 Å². The van der Waals surface area contributed by atoms with Crippen LogP contribution in [0.15, 0.2) is 42.7 Å². The van der Waals surface area contributed by atoms with Crippen molar-refractivity contribution in [1.82, 2.24) is 29.5 Å². The van der Waals surface area contributed by atoms with Crippen molar-refractivity contribution < 1.29 is 13.5 Å². The lowest BCUT2D eigenvalue weighted by atomic mass is 10.1. The first-order valence-electron chi connectivity index (χ1n) is 10.7. The van der Waals surface area contributed by atoms with Crippen molar-refractivity contribution in [3.05, 3.63) is 71.6 Å². The molecule has 0 fully saturated rings. The van der Waals surface area contributed by atoms with Crippen molar-refractivity contribution in [2.75, 3.05) is 18.6 Å². The van der Waals surface area contributed by atoms with E-state index in [2.05, 4.69) is 15.2 Å². The van der Waals surface area contributed by atoms with Crippen LogP contribution in [0.2, 0.25) is 0 Å².